The fraction of sp³-hybridized carbons (Fsp3) is 0.0952. The van der Waals surface area contributed by atoms with Crippen LogP contribution in [0.15, 0.2) is 77.7 Å². The molecule has 0 radical (unpaired) electrons. The zero-order chi connectivity index (χ0) is 21.0. The topological polar surface area (TPSA) is 66.5 Å². The first-order chi connectivity index (χ1) is 13.8. The predicted molar refractivity (Wildman–Crippen MR) is 117 cm³/mol. The van der Waals surface area contributed by atoms with E-state index in [1.807, 2.05) is 0 Å². The van der Waals surface area contributed by atoms with E-state index in [1.165, 1.54) is 35.6 Å². The molecule has 1 N–H and O–H groups in total. The number of sulfonamides is 1. The second kappa shape index (κ2) is 8.86. The lowest BCUT2D eigenvalue weighted by atomic mass is 10.1. The normalized spacial score (nSPS) is 11.1. The molecule has 0 saturated heterocycles. The highest BCUT2D eigenvalue weighted by molar-refractivity contribution is 7.92. The number of amides is 1. The molecule has 29 heavy (non-hydrogen) atoms. The smallest absolute Gasteiger partial charge is 0.264 e. The van der Waals surface area contributed by atoms with Crippen molar-refractivity contribution < 1.29 is 13.2 Å². The summed E-state index contributed by atoms with van der Waals surface area (Å²) in [5.41, 5.74) is 1.91. The molecule has 3 aromatic rings. The van der Waals surface area contributed by atoms with Crippen LogP contribution >= 0.6 is 23.2 Å². The molecule has 0 fully saturated rings. The van der Waals surface area contributed by atoms with Crippen LogP contribution in [0.4, 0.5) is 11.4 Å². The largest absolute Gasteiger partial charge is 0.326 e. The molecule has 5 nitrogen and oxygen atoms in total. The molecule has 1 amide bonds. The third kappa shape index (κ3) is 5.29. The van der Waals surface area contributed by atoms with Gasteiger partial charge in [0.1, 0.15) is 0 Å². The Bertz CT molecular complexity index is 1100. The van der Waals surface area contributed by atoms with Crippen LogP contribution in [0.25, 0.3) is 0 Å². The Labute approximate surface area is 179 Å². The van der Waals surface area contributed by atoms with Gasteiger partial charge in [0.25, 0.3) is 10.0 Å². The number of hydrogen-bond donors (Lipinski definition) is 1. The zero-order valence-electron chi connectivity index (χ0n) is 15.5. The van der Waals surface area contributed by atoms with Gasteiger partial charge in [0.15, 0.2) is 0 Å². The van der Waals surface area contributed by atoms with Gasteiger partial charge in [-0.2, -0.15) is 0 Å². The molecule has 8 heteroatoms. The molecule has 0 bridgehead atoms. The molecular formula is C21H18Cl2N2O3S. The summed E-state index contributed by atoms with van der Waals surface area (Å²) in [4.78, 5) is 12.3. The van der Waals surface area contributed by atoms with Gasteiger partial charge in [0, 0.05) is 22.8 Å². The van der Waals surface area contributed by atoms with Crippen molar-refractivity contribution in [2.45, 2.75) is 11.3 Å². The van der Waals surface area contributed by atoms with E-state index < -0.39 is 10.0 Å². The molecular weight excluding hydrogens is 431 g/mol. The molecule has 0 heterocycles. The van der Waals surface area contributed by atoms with E-state index in [0.29, 0.717) is 21.4 Å². The molecule has 0 aliphatic heterocycles. The lowest BCUT2D eigenvalue weighted by molar-refractivity contribution is -0.115. The number of hydrogen-bond acceptors (Lipinski definition) is 3. The highest BCUT2D eigenvalue weighted by Gasteiger charge is 2.21. The third-order valence-electron chi connectivity index (χ3n) is 4.26. The van der Waals surface area contributed by atoms with Crippen LogP contribution < -0.4 is 9.62 Å². The molecule has 0 aliphatic rings. The van der Waals surface area contributed by atoms with Gasteiger partial charge in [-0.15, -0.1) is 0 Å². The minimum absolute atomic E-state index is 0.149. The second-order valence-electron chi connectivity index (χ2n) is 6.32. The Morgan fingerprint density at radius 2 is 1.38 bits per heavy atom. The molecule has 0 aliphatic carbocycles. The van der Waals surface area contributed by atoms with E-state index in [-0.39, 0.29) is 17.2 Å². The van der Waals surface area contributed by atoms with Crippen molar-refractivity contribution in [3.63, 3.8) is 0 Å². The molecule has 0 atom stereocenters. The van der Waals surface area contributed by atoms with Crippen molar-refractivity contribution in [2.24, 2.45) is 0 Å². The van der Waals surface area contributed by atoms with Gasteiger partial charge in [-0.3, -0.25) is 9.10 Å². The van der Waals surface area contributed by atoms with Gasteiger partial charge < -0.3 is 5.32 Å². The van der Waals surface area contributed by atoms with Crippen LogP contribution in [0.5, 0.6) is 0 Å². The van der Waals surface area contributed by atoms with Crippen LogP contribution in [-0.2, 0) is 21.2 Å². The molecule has 3 rings (SSSR count). The molecule has 0 saturated carbocycles. The maximum absolute atomic E-state index is 12.7. The first-order valence-electron chi connectivity index (χ1n) is 8.64. The number of carbonyl (C=O) groups is 1. The SMILES string of the molecule is CN(c1ccc(CC(=O)Nc2ccc(Cl)cc2)cc1)S(=O)(=O)c1ccc(Cl)cc1. The minimum atomic E-state index is -3.70. The van der Waals surface area contributed by atoms with E-state index in [0.717, 1.165) is 5.56 Å². The molecule has 0 unspecified atom stereocenters. The van der Waals surface area contributed by atoms with Crippen LogP contribution in [0.2, 0.25) is 10.0 Å². The molecule has 0 spiro atoms. The summed E-state index contributed by atoms with van der Waals surface area (Å²) in [5, 5.41) is 3.85. The number of nitrogens with one attached hydrogen (secondary N) is 1. The maximum Gasteiger partial charge on any atom is 0.264 e. The summed E-state index contributed by atoms with van der Waals surface area (Å²) in [7, 11) is -2.23. The van der Waals surface area contributed by atoms with Gasteiger partial charge in [-0.05, 0) is 66.2 Å². The minimum Gasteiger partial charge on any atom is -0.326 e. The Morgan fingerprint density at radius 3 is 1.93 bits per heavy atom. The molecule has 3 aromatic carbocycles. The van der Waals surface area contributed by atoms with Crippen molar-refractivity contribution in [2.75, 3.05) is 16.7 Å². The summed E-state index contributed by atoms with van der Waals surface area (Å²) < 4.78 is 26.7. The lowest BCUT2D eigenvalue weighted by Crippen LogP contribution is -2.26. The Morgan fingerprint density at radius 1 is 0.862 bits per heavy atom. The second-order valence-corrected chi connectivity index (χ2v) is 9.17. The summed E-state index contributed by atoms with van der Waals surface area (Å²) in [5.74, 6) is -0.179. The Kier molecular flexibility index (Phi) is 6.47. The highest BCUT2D eigenvalue weighted by atomic mass is 35.5. The fourth-order valence-electron chi connectivity index (χ4n) is 2.65. The summed E-state index contributed by atoms with van der Waals surface area (Å²) in [6.45, 7) is 0. The van der Waals surface area contributed by atoms with Crippen LogP contribution in [0, 0.1) is 0 Å². The van der Waals surface area contributed by atoms with Crippen molar-refractivity contribution >= 4 is 50.5 Å². The third-order valence-corrected chi connectivity index (χ3v) is 6.57. The lowest BCUT2D eigenvalue weighted by Gasteiger charge is -2.20. The highest BCUT2D eigenvalue weighted by Crippen LogP contribution is 2.24. The first kappa shape index (κ1) is 21.2. The van der Waals surface area contributed by atoms with Crippen molar-refractivity contribution in [3.05, 3.63) is 88.4 Å². The Balaban J connectivity index is 1.68. The summed E-state index contributed by atoms with van der Waals surface area (Å²) in [6.07, 6.45) is 0.163. The van der Waals surface area contributed by atoms with E-state index in [9.17, 15) is 13.2 Å². The zero-order valence-corrected chi connectivity index (χ0v) is 17.8. The monoisotopic (exact) mass is 448 g/mol. The van der Waals surface area contributed by atoms with Gasteiger partial charge in [0.05, 0.1) is 17.0 Å². The van der Waals surface area contributed by atoms with Gasteiger partial charge in [0.2, 0.25) is 5.91 Å². The quantitative estimate of drug-likeness (QED) is 0.576. The van der Waals surface area contributed by atoms with E-state index in [1.54, 1.807) is 48.5 Å². The van der Waals surface area contributed by atoms with Crippen LogP contribution in [0.3, 0.4) is 0 Å². The number of benzene rings is 3. The van der Waals surface area contributed by atoms with Gasteiger partial charge in [-0.25, -0.2) is 8.42 Å². The Hall–Kier alpha value is -2.54. The predicted octanol–water partition coefficient (Wildman–Crippen LogP) is 5.00. The average Bonchev–Trinajstić information content (AvgIpc) is 2.70. The number of carbonyl (C=O) groups excluding carboxylic acids is 1. The number of rotatable bonds is 6. The number of anilines is 2. The first-order valence-corrected chi connectivity index (χ1v) is 10.8. The van der Waals surface area contributed by atoms with Crippen molar-refractivity contribution in [1.82, 2.24) is 0 Å². The molecule has 0 aromatic heterocycles. The summed E-state index contributed by atoms with van der Waals surface area (Å²) in [6, 6.07) is 19.6. The van der Waals surface area contributed by atoms with E-state index in [2.05, 4.69) is 5.32 Å². The number of halogens is 2. The average molecular weight is 449 g/mol. The number of nitrogens with zero attached hydrogens (tertiary/aromatic N) is 1. The van der Waals surface area contributed by atoms with Crippen LogP contribution in [0.1, 0.15) is 5.56 Å². The summed E-state index contributed by atoms with van der Waals surface area (Å²) >= 11 is 11.7. The van der Waals surface area contributed by atoms with E-state index >= 15 is 0 Å². The maximum atomic E-state index is 12.7. The van der Waals surface area contributed by atoms with Gasteiger partial charge >= 0.3 is 0 Å². The van der Waals surface area contributed by atoms with Crippen LogP contribution in [-0.4, -0.2) is 21.4 Å². The fourth-order valence-corrected chi connectivity index (χ4v) is 4.10. The van der Waals surface area contributed by atoms with Gasteiger partial charge in [-0.1, -0.05) is 35.3 Å². The standard InChI is InChI=1S/C21H18Cl2N2O3S/c1-25(29(27,28)20-12-6-17(23)7-13-20)19-10-2-15(3-11-19)14-21(26)24-18-8-4-16(22)5-9-18/h2-13H,14H2,1H3,(H,24,26). The molecule has 150 valence electrons. The van der Waals surface area contributed by atoms with Crippen molar-refractivity contribution in [1.29, 1.82) is 0 Å². The van der Waals surface area contributed by atoms with Crippen molar-refractivity contribution in [3.8, 4) is 0 Å². The van der Waals surface area contributed by atoms with E-state index in [4.69, 9.17) is 23.2 Å².